The summed E-state index contributed by atoms with van der Waals surface area (Å²) in [6.07, 6.45) is 4.46. The Morgan fingerprint density at radius 1 is 1.30 bits per heavy atom. The fraction of sp³-hybridized carbons (Fsp3) is 0.438. The van der Waals surface area contributed by atoms with E-state index >= 15 is 0 Å². The number of aryl methyl sites for hydroxylation is 1. The zero-order valence-corrected chi connectivity index (χ0v) is 14.4. The predicted molar refractivity (Wildman–Crippen MR) is 87.1 cm³/mol. The number of nitrogens with one attached hydrogen (secondary N) is 1. The molecule has 1 atom stereocenters. The van der Waals surface area contributed by atoms with Crippen molar-refractivity contribution in [2.45, 2.75) is 44.6 Å². The molecule has 0 aliphatic heterocycles. The third kappa shape index (κ3) is 7.40. The maximum atomic E-state index is 11.9. The van der Waals surface area contributed by atoms with Gasteiger partial charge in [0, 0.05) is 6.92 Å². The summed E-state index contributed by atoms with van der Waals surface area (Å²) in [7, 11) is -3.67. The van der Waals surface area contributed by atoms with Gasteiger partial charge in [-0.05, 0) is 38.0 Å². The van der Waals surface area contributed by atoms with Crippen molar-refractivity contribution in [3.8, 4) is 0 Å². The molecule has 0 spiro atoms. The van der Waals surface area contributed by atoms with Gasteiger partial charge < -0.3 is 4.74 Å². The number of benzene rings is 1. The fourth-order valence-corrected chi connectivity index (χ4v) is 2.56. The molecule has 0 fully saturated rings. The molecule has 1 aromatic rings. The van der Waals surface area contributed by atoms with Gasteiger partial charge in [-0.2, -0.15) is 0 Å². The highest BCUT2D eigenvalue weighted by atomic mass is 32.2. The van der Waals surface area contributed by atoms with E-state index < -0.39 is 10.0 Å². The van der Waals surface area contributed by atoms with Crippen molar-refractivity contribution in [1.29, 1.82) is 0 Å². The second kappa shape index (κ2) is 9.44. The molecular formula is C16H23NO5S. The van der Waals surface area contributed by atoms with Gasteiger partial charge in [0.05, 0.1) is 11.5 Å². The molecule has 0 aliphatic rings. The van der Waals surface area contributed by atoms with E-state index in [1.165, 1.54) is 19.1 Å². The van der Waals surface area contributed by atoms with E-state index in [9.17, 15) is 13.2 Å². The number of esters is 1. The summed E-state index contributed by atoms with van der Waals surface area (Å²) in [5.74, 6) is -0.330. The van der Waals surface area contributed by atoms with Gasteiger partial charge in [-0.25, -0.2) is 8.42 Å². The summed E-state index contributed by atoms with van der Waals surface area (Å²) < 4.78 is 28.9. The first kappa shape index (κ1) is 19.3. The maximum Gasteiger partial charge on any atom is 0.303 e. The van der Waals surface area contributed by atoms with Crippen LogP contribution >= 0.6 is 0 Å². The average Bonchev–Trinajstić information content (AvgIpc) is 2.49. The molecule has 1 N–H and O–H groups in total. The number of sulfonamides is 1. The first-order valence-corrected chi connectivity index (χ1v) is 8.87. The molecule has 0 saturated heterocycles. The lowest BCUT2D eigenvalue weighted by atomic mass is 10.2. The van der Waals surface area contributed by atoms with Crippen molar-refractivity contribution >= 4 is 16.0 Å². The lowest BCUT2D eigenvalue weighted by Crippen LogP contribution is -2.24. The van der Waals surface area contributed by atoms with Crippen molar-refractivity contribution in [2.75, 3.05) is 6.61 Å². The SMILES string of the molecule is CC[C@H](/C=C/CCONS(=O)(=O)c1ccc(C)cc1)OC(C)=O. The zero-order valence-electron chi connectivity index (χ0n) is 13.6. The molecule has 6 nitrogen and oxygen atoms in total. The van der Waals surface area contributed by atoms with Crippen molar-refractivity contribution in [1.82, 2.24) is 4.89 Å². The van der Waals surface area contributed by atoms with Gasteiger partial charge in [-0.3, -0.25) is 9.63 Å². The molecule has 0 aromatic heterocycles. The smallest absolute Gasteiger partial charge is 0.303 e. The van der Waals surface area contributed by atoms with Gasteiger partial charge in [0.2, 0.25) is 0 Å². The third-order valence-electron chi connectivity index (χ3n) is 2.96. The number of hydrogen-bond donors (Lipinski definition) is 1. The summed E-state index contributed by atoms with van der Waals surface area (Å²) >= 11 is 0. The first-order chi connectivity index (χ1) is 10.8. The summed E-state index contributed by atoms with van der Waals surface area (Å²) in [5, 5.41) is 0. The van der Waals surface area contributed by atoms with Crippen LogP contribution in [0.4, 0.5) is 0 Å². The molecule has 23 heavy (non-hydrogen) atoms. The van der Waals surface area contributed by atoms with E-state index in [1.807, 2.05) is 13.8 Å². The maximum absolute atomic E-state index is 11.9. The number of rotatable bonds is 9. The minimum Gasteiger partial charge on any atom is -0.458 e. The standard InChI is InChI=1S/C16H23NO5S/c1-4-15(22-14(3)18)7-5-6-12-21-17-23(19,20)16-10-8-13(2)9-11-16/h5,7-11,15,17H,4,6,12H2,1-3H3/b7-5+/t15-/m1/s1. The van der Waals surface area contributed by atoms with Crippen molar-refractivity contribution < 1.29 is 22.8 Å². The second-order valence-electron chi connectivity index (χ2n) is 5.02. The van der Waals surface area contributed by atoms with E-state index in [0.29, 0.717) is 12.8 Å². The van der Waals surface area contributed by atoms with Crippen LogP contribution in [-0.2, 0) is 24.4 Å². The average molecular weight is 341 g/mol. The number of ether oxygens (including phenoxy) is 1. The lowest BCUT2D eigenvalue weighted by Gasteiger charge is -2.10. The van der Waals surface area contributed by atoms with Crippen molar-refractivity contribution in [3.63, 3.8) is 0 Å². The van der Waals surface area contributed by atoms with E-state index in [0.717, 1.165) is 5.56 Å². The van der Waals surface area contributed by atoms with E-state index in [-0.39, 0.29) is 23.6 Å². The Balaban J connectivity index is 2.36. The Kier molecular flexibility index (Phi) is 7.94. The van der Waals surface area contributed by atoms with Crippen LogP contribution in [0.1, 0.15) is 32.3 Å². The van der Waals surface area contributed by atoms with Gasteiger partial charge in [0.15, 0.2) is 0 Å². The molecule has 7 heteroatoms. The van der Waals surface area contributed by atoms with Crippen LogP contribution in [0.2, 0.25) is 0 Å². The zero-order chi connectivity index (χ0) is 17.3. The molecule has 1 rings (SSSR count). The van der Waals surface area contributed by atoms with Crippen LogP contribution in [0.5, 0.6) is 0 Å². The summed E-state index contributed by atoms with van der Waals surface area (Å²) in [6, 6.07) is 6.48. The van der Waals surface area contributed by atoms with Gasteiger partial charge >= 0.3 is 5.97 Å². The van der Waals surface area contributed by atoms with Gasteiger partial charge in [0.1, 0.15) is 6.10 Å². The molecule has 0 aliphatic carbocycles. The van der Waals surface area contributed by atoms with Crippen LogP contribution < -0.4 is 4.89 Å². The third-order valence-corrected chi connectivity index (χ3v) is 4.19. The van der Waals surface area contributed by atoms with E-state index in [4.69, 9.17) is 9.57 Å². The van der Waals surface area contributed by atoms with Crippen LogP contribution in [0, 0.1) is 6.92 Å². The summed E-state index contributed by atoms with van der Waals surface area (Å²) in [6.45, 7) is 5.33. The number of carbonyl (C=O) groups excluding carboxylic acids is 1. The van der Waals surface area contributed by atoms with Crippen LogP contribution in [0.25, 0.3) is 0 Å². The fourth-order valence-electron chi connectivity index (χ4n) is 1.73. The van der Waals surface area contributed by atoms with Gasteiger partial charge in [-0.1, -0.05) is 35.6 Å². The molecule has 0 heterocycles. The minimum absolute atomic E-state index is 0.152. The number of hydrogen-bond acceptors (Lipinski definition) is 5. The normalized spacial score (nSPS) is 13.2. The Labute approximate surface area is 137 Å². The van der Waals surface area contributed by atoms with Crippen LogP contribution in [0.3, 0.4) is 0 Å². The topological polar surface area (TPSA) is 81.7 Å². The van der Waals surface area contributed by atoms with E-state index in [2.05, 4.69) is 4.89 Å². The minimum atomic E-state index is -3.67. The van der Waals surface area contributed by atoms with E-state index in [1.54, 1.807) is 24.3 Å². The Hall–Kier alpha value is -1.70. The van der Waals surface area contributed by atoms with Gasteiger partial charge in [0.25, 0.3) is 10.0 Å². The number of carbonyl (C=O) groups is 1. The summed E-state index contributed by atoms with van der Waals surface area (Å²) in [4.78, 5) is 18.1. The van der Waals surface area contributed by atoms with Crippen LogP contribution in [0.15, 0.2) is 41.3 Å². The quantitative estimate of drug-likeness (QED) is 0.323. The monoisotopic (exact) mass is 341 g/mol. The molecule has 0 saturated carbocycles. The Morgan fingerprint density at radius 3 is 2.52 bits per heavy atom. The predicted octanol–water partition coefficient (Wildman–Crippen LogP) is 2.49. The highest BCUT2D eigenvalue weighted by Gasteiger charge is 2.13. The molecule has 0 bridgehead atoms. The highest BCUT2D eigenvalue weighted by molar-refractivity contribution is 7.89. The van der Waals surface area contributed by atoms with Gasteiger partial charge in [-0.15, -0.1) is 0 Å². The molecule has 128 valence electrons. The Morgan fingerprint density at radius 2 is 1.96 bits per heavy atom. The largest absolute Gasteiger partial charge is 0.458 e. The highest BCUT2D eigenvalue weighted by Crippen LogP contribution is 2.09. The molecule has 0 amide bonds. The van der Waals surface area contributed by atoms with Crippen molar-refractivity contribution in [2.24, 2.45) is 0 Å². The van der Waals surface area contributed by atoms with Crippen molar-refractivity contribution in [3.05, 3.63) is 42.0 Å². The molecule has 0 radical (unpaired) electrons. The van der Waals surface area contributed by atoms with Crippen LogP contribution in [-0.4, -0.2) is 27.1 Å². The summed E-state index contributed by atoms with van der Waals surface area (Å²) in [5.41, 5.74) is 0.980. The molecular weight excluding hydrogens is 318 g/mol. The lowest BCUT2D eigenvalue weighted by molar-refractivity contribution is -0.144. The second-order valence-corrected chi connectivity index (χ2v) is 6.67. The Bertz CT molecular complexity index is 622. The molecule has 0 unspecified atom stereocenters. The first-order valence-electron chi connectivity index (χ1n) is 7.39. The molecule has 1 aromatic carbocycles.